The fraction of sp³-hybridized carbons (Fsp3) is 0.429. The van der Waals surface area contributed by atoms with E-state index in [1.165, 1.54) is 12.1 Å². The molecular formula is C21H27FN4O. The van der Waals surface area contributed by atoms with Gasteiger partial charge in [0, 0.05) is 51.4 Å². The van der Waals surface area contributed by atoms with Crippen molar-refractivity contribution in [2.24, 2.45) is 0 Å². The number of benzene rings is 1. The lowest BCUT2D eigenvalue weighted by molar-refractivity contribution is -0.131. The van der Waals surface area contributed by atoms with Gasteiger partial charge in [-0.15, -0.1) is 0 Å². The Balaban J connectivity index is 1.45. The zero-order valence-corrected chi connectivity index (χ0v) is 16.0. The normalized spacial score (nSPS) is 15.9. The van der Waals surface area contributed by atoms with Gasteiger partial charge in [-0.3, -0.25) is 9.69 Å². The summed E-state index contributed by atoms with van der Waals surface area (Å²) in [5.41, 5.74) is 1.05. The molecule has 1 amide bonds. The highest BCUT2D eigenvalue weighted by Gasteiger charge is 2.22. The minimum atomic E-state index is -0.228. The number of hydrogen-bond acceptors (Lipinski definition) is 4. The zero-order chi connectivity index (χ0) is 19.2. The maximum atomic E-state index is 13.1. The highest BCUT2D eigenvalue weighted by molar-refractivity contribution is 5.76. The van der Waals surface area contributed by atoms with E-state index in [-0.39, 0.29) is 17.8 Å². The summed E-state index contributed by atoms with van der Waals surface area (Å²) in [5.74, 6) is 0.930. The molecule has 1 unspecified atom stereocenters. The molecule has 0 N–H and O–H groups in total. The van der Waals surface area contributed by atoms with Crippen LogP contribution in [0.3, 0.4) is 0 Å². The Morgan fingerprint density at radius 2 is 1.85 bits per heavy atom. The number of halogens is 1. The van der Waals surface area contributed by atoms with Crippen LogP contribution in [0.25, 0.3) is 0 Å². The van der Waals surface area contributed by atoms with Gasteiger partial charge in [0.15, 0.2) is 0 Å². The quantitative estimate of drug-likeness (QED) is 0.784. The Labute approximate surface area is 160 Å². The Morgan fingerprint density at radius 3 is 2.48 bits per heavy atom. The van der Waals surface area contributed by atoms with Crippen molar-refractivity contribution in [1.82, 2.24) is 14.8 Å². The van der Waals surface area contributed by atoms with Crippen LogP contribution in [0.2, 0.25) is 0 Å². The minimum Gasteiger partial charge on any atom is -0.353 e. The Bertz CT molecular complexity index is 730. The summed E-state index contributed by atoms with van der Waals surface area (Å²) in [7, 11) is 2.00. The number of pyridine rings is 1. The molecule has 0 radical (unpaired) electrons. The number of aromatic nitrogens is 1. The van der Waals surface area contributed by atoms with Gasteiger partial charge in [0.1, 0.15) is 11.6 Å². The molecule has 144 valence electrons. The molecule has 2 aromatic rings. The highest BCUT2D eigenvalue weighted by Crippen LogP contribution is 2.19. The molecule has 1 aromatic carbocycles. The number of piperazine rings is 1. The summed E-state index contributed by atoms with van der Waals surface area (Å²) in [4.78, 5) is 23.2. The van der Waals surface area contributed by atoms with E-state index in [9.17, 15) is 9.18 Å². The molecule has 3 rings (SSSR count). The topological polar surface area (TPSA) is 39.7 Å². The third kappa shape index (κ3) is 5.04. The van der Waals surface area contributed by atoms with E-state index >= 15 is 0 Å². The van der Waals surface area contributed by atoms with E-state index in [2.05, 4.69) is 21.7 Å². The van der Waals surface area contributed by atoms with Gasteiger partial charge in [-0.1, -0.05) is 18.2 Å². The second-order valence-electron chi connectivity index (χ2n) is 7.01. The number of amides is 1. The first-order chi connectivity index (χ1) is 13.0. The van der Waals surface area contributed by atoms with Gasteiger partial charge in [0.2, 0.25) is 5.91 Å². The molecule has 0 bridgehead atoms. The fourth-order valence-electron chi connectivity index (χ4n) is 3.35. The largest absolute Gasteiger partial charge is 0.353 e. The first kappa shape index (κ1) is 19.3. The molecule has 1 aliphatic rings. The van der Waals surface area contributed by atoms with Crippen LogP contribution in [0.5, 0.6) is 0 Å². The maximum absolute atomic E-state index is 13.1. The molecule has 1 saturated heterocycles. The standard InChI is InChI=1S/C21H27FN4O/c1-17(18-6-8-19(22)9-7-18)24(2)12-10-21(27)26-15-13-25(14-16-26)20-5-3-4-11-23-20/h3-9,11,17H,10,12-16H2,1-2H3. The van der Waals surface area contributed by atoms with Crippen LogP contribution in [-0.2, 0) is 4.79 Å². The maximum Gasteiger partial charge on any atom is 0.223 e. The van der Waals surface area contributed by atoms with Crippen molar-refractivity contribution in [2.45, 2.75) is 19.4 Å². The molecule has 5 nitrogen and oxygen atoms in total. The zero-order valence-electron chi connectivity index (χ0n) is 16.0. The molecule has 0 aliphatic carbocycles. The lowest BCUT2D eigenvalue weighted by Gasteiger charge is -2.36. The Morgan fingerprint density at radius 1 is 1.15 bits per heavy atom. The van der Waals surface area contributed by atoms with Gasteiger partial charge in [-0.05, 0) is 43.8 Å². The average Bonchev–Trinajstić information content (AvgIpc) is 2.72. The second-order valence-corrected chi connectivity index (χ2v) is 7.01. The molecule has 1 aromatic heterocycles. The van der Waals surface area contributed by atoms with Gasteiger partial charge in [-0.25, -0.2) is 9.37 Å². The summed E-state index contributed by atoms with van der Waals surface area (Å²) in [6, 6.07) is 12.6. The van der Waals surface area contributed by atoms with Crippen molar-refractivity contribution in [3.05, 3.63) is 60.0 Å². The molecule has 1 atom stereocenters. The monoisotopic (exact) mass is 370 g/mol. The molecular weight excluding hydrogens is 343 g/mol. The lowest BCUT2D eigenvalue weighted by Crippen LogP contribution is -2.49. The number of carbonyl (C=O) groups is 1. The van der Waals surface area contributed by atoms with Crippen LogP contribution in [0, 0.1) is 5.82 Å². The summed E-state index contributed by atoms with van der Waals surface area (Å²) in [6.07, 6.45) is 2.29. The molecule has 6 heteroatoms. The summed E-state index contributed by atoms with van der Waals surface area (Å²) >= 11 is 0. The molecule has 1 aliphatic heterocycles. The van der Waals surface area contributed by atoms with Gasteiger partial charge in [0.05, 0.1) is 0 Å². The van der Waals surface area contributed by atoms with Gasteiger partial charge in [-0.2, -0.15) is 0 Å². The van der Waals surface area contributed by atoms with Crippen LogP contribution < -0.4 is 4.90 Å². The van der Waals surface area contributed by atoms with Crippen molar-refractivity contribution >= 4 is 11.7 Å². The fourth-order valence-corrected chi connectivity index (χ4v) is 3.35. The van der Waals surface area contributed by atoms with E-state index in [1.807, 2.05) is 30.1 Å². The minimum absolute atomic E-state index is 0.138. The van der Waals surface area contributed by atoms with Crippen molar-refractivity contribution in [3.8, 4) is 0 Å². The number of rotatable bonds is 6. The average molecular weight is 370 g/mol. The van der Waals surface area contributed by atoms with Crippen LogP contribution in [0.4, 0.5) is 10.2 Å². The van der Waals surface area contributed by atoms with Gasteiger partial charge in [0.25, 0.3) is 0 Å². The number of carbonyl (C=O) groups excluding carboxylic acids is 1. The second kappa shape index (κ2) is 8.95. The highest BCUT2D eigenvalue weighted by atomic mass is 19.1. The van der Waals surface area contributed by atoms with Crippen molar-refractivity contribution < 1.29 is 9.18 Å². The molecule has 0 spiro atoms. The van der Waals surface area contributed by atoms with E-state index < -0.39 is 0 Å². The van der Waals surface area contributed by atoms with Crippen LogP contribution in [0.1, 0.15) is 24.9 Å². The molecule has 27 heavy (non-hydrogen) atoms. The summed E-state index contributed by atoms with van der Waals surface area (Å²) < 4.78 is 13.1. The predicted octanol–water partition coefficient (Wildman–Crippen LogP) is 2.95. The summed E-state index contributed by atoms with van der Waals surface area (Å²) in [6.45, 7) is 5.83. The first-order valence-corrected chi connectivity index (χ1v) is 9.44. The van der Waals surface area contributed by atoms with Crippen LogP contribution in [-0.4, -0.2) is 60.5 Å². The number of anilines is 1. The summed E-state index contributed by atoms with van der Waals surface area (Å²) in [5, 5.41) is 0. The number of nitrogens with zero attached hydrogens (tertiary/aromatic N) is 4. The van der Waals surface area contributed by atoms with E-state index in [0.717, 1.165) is 37.6 Å². The third-order valence-corrected chi connectivity index (χ3v) is 5.30. The van der Waals surface area contributed by atoms with Crippen molar-refractivity contribution in [1.29, 1.82) is 0 Å². The third-order valence-electron chi connectivity index (χ3n) is 5.30. The van der Waals surface area contributed by atoms with E-state index in [4.69, 9.17) is 0 Å². The SMILES string of the molecule is CC(c1ccc(F)cc1)N(C)CCC(=O)N1CCN(c2ccccn2)CC1. The molecule has 2 heterocycles. The number of hydrogen-bond donors (Lipinski definition) is 0. The Kier molecular flexibility index (Phi) is 6.40. The van der Waals surface area contributed by atoms with Crippen molar-refractivity contribution in [3.63, 3.8) is 0 Å². The molecule has 0 saturated carbocycles. The van der Waals surface area contributed by atoms with E-state index in [1.54, 1.807) is 18.3 Å². The van der Waals surface area contributed by atoms with Crippen molar-refractivity contribution in [2.75, 3.05) is 44.7 Å². The van der Waals surface area contributed by atoms with Crippen LogP contribution in [0.15, 0.2) is 48.7 Å². The van der Waals surface area contributed by atoms with Gasteiger partial charge < -0.3 is 9.80 Å². The predicted molar refractivity (Wildman–Crippen MR) is 105 cm³/mol. The smallest absolute Gasteiger partial charge is 0.223 e. The Hall–Kier alpha value is -2.47. The lowest BCUT2D eigenvalue weighted by atomic mass is 10.1. The van der Waals surface area contributed by atoms with Crippen LogP contribution >= 0.6 is 0 Å². The van der Waals surface area contributed by atoms with E-state index in [0.29, 0.717) is 13.0 Å². The first-order valence-electron chi connectivity index (χ1n) is 9.44. The van der Waals surface area contributed by atoms with Gasteiger partial charge >= 0.3 is 0 Å². The molecule has 1 fully saturated rings.